The highest BCUT2D eigenvalue weighted by molar-refractivity contribution is 6.31. The minimum absolute atomic E-state index is 0.180. The van der Waals surface area contributed by atoms with E-state index in [0.717, 1.165) is 36.4 Å². The number of benzene rings is 2. The first-order chi connectivity index (χ1) is 21.3. The van der Waals surface area contributed by atoms with Gasteiger partial charge in [-0.1, -0.05) is 48.2 Å². The molecule has 4 aliphatic rings. The lowest BCUT2D eigenvalue weighted by molar-refractivity contribution is -0.421. The number of rotatable bonds is 8. The molecule has 2 aromatic carbocycles. The molecule has 0 N–H and O–H groups in total. The van der Waals surface area contributed by atoms with Crippen LogP contribution in [0.2, 0.25) is 10.0 Å². The fourth-order valence-electron chi connectivity index (χ4n) is 7.46. The smallest absolute Gasteiger partial charge is 0.268 e. The van der Waals surface area contributed by atoms with Crippen molar-refractivity contribution in [2.45, 2.75) is 72.9 Å². The number of hydrogen-bond donors (Lipinski definition) is 0. The average molecular weight is 665 g/mol. The molecule has 2 fully saturated rings. The Balaban J connectivity index is 1.61. The molecule has 0 amide bonds. The summed E-state index contributed by atoms with van der Waals surface area (Å²) in [4.78, 5) is 21.8. The minimum Gasteiger partial charge on any atom is -0.352 e. The van der Waals surface area contributed by atoms with Crippen LogP contribution in [-0.4, -0.2) is 33.4 Å². The lowest BCUT2D eigenvalue weighted by atomic mass is 9.50. The van der Waals surface area contributed by atoms with Gasteiger partial charge in [0, 0.05) is 35.1 Å². The first kappa shape index (κ1) is 31.4. The maximum absolute atomic E-state index is 17.0. The first-order valence-corrected chi connectivity index (χ1v) is 15.1. The fraction of sp³-hybridized carbons (Fsp3) is 0.375. The second-order valence-corrected chi connectivity index (χ2v) is 12.8. The number of ether oxygens (including phenoxy) is 1. The van der Waals surface area contributed by atoms with Gasteiger partial charge in [-0.3, -0.25) is 20.2 Å². The van der Waals surface area contributed by atoms with E-state index >= 15 is 8.78 Å². The van der Waals surface area contributed by atoms with E-state index in [1.54, 1.807) is 0 Å². The molecular weight excluding hydrogens is 639 g/mol. The number of allylic oxidation sites excluding steroid dienone is 2. The van der Waals surface area contributed by atoms with Crippen LogP contribution in [-0.2, 0) is 15.6 Å². The van der Waals surface area contributed by atoms with Gasteiger partial charge in [-0.2, -0.15) is 0 Å². The summed E-state index contributed by atoms with van der Waals surface area (Å²) in [5.74, 6) is -1.57. The zero-order valence-electron chi connectivity index (χ0n) is 23.5. The highest BCUT2D eigenvalue weighted by Crippen LogP contribution is 2.63. The Bertz CT molecular complexity index is 1600. The Labute approximate surface area is 265 Å². The maximum Gasteiger partial charge on any atom is 0.268 e. The van der Waals surface area contributed by atoms with E-state index in [0.29, 0.717) is 12.8 Å². The molecule has 0 aromatic heterocycles. The third-order valence-electron chi connectivity index (χ3n) is 10.1. The third kappa shape index (κ3) is 4.57. The fourth-order valence-corrected chi connectivity index (χ4v) is 7.70. The lowest BCUT2D eigenvalue weighted by Gasteiger charge is -2.63. The Morgan fingerprint density at radius 1 is 0.711 bits per heavy atom. The van der Waals surface area contributed by atoms with Gasteiger partial charge in [0.15, 0.2) is 12.3 Å². The Morgan fingerprint density at radius 3 is 1.36 bits per heavy atom. The molecule has 0 heterocycles. The molecule has 2 saturated carbocycles. The molecule has 236 valence electrons. The monoisotopic (exact) mass is 664 g/mol. The van der Waals surface area contributed by atoms with Crippen LogP contribution in [0.4, 0.5) is 17.6 Å². The summed E-state index contributed by atoms with van der Waals surface area (Å²) < 4.78 is 70.6. The van der Waals surface area contributed by atoms with Crippen LogP contribution in [0.25, 0.3) is 0 Å². The van der Waals surface area contributed by atoms with Crippen LogP contribution in [0.1, 0.15) is 49.7 Å². The standard InChI is InChI=1S/C32H26Cl2F4N2O5/c33-23-5-3-19(15-25(23)35)29(9-1-10-29)31(13-7-21(39(41)42)17-27(31)37)45-32(14-8-22(40(43)44)18-28(32)38)30(11-2-12-30)20-4-6-24(34)26(36)16-20/h3-8,13-18,27-28H,1-2,9-12H2. The average Bonchev–Trinajstić information content (AvgIpc) is 2.94. The molecule has 4 unspecified atom stereocenters. The summed E-state index contributed by atoms with van der Waals surface area (Å²) in [5, 5.41) is 23.0. The zero-order valence-corrected chi connectivity index (χ0v) is 25.0. The number of hydrogen-bond acceptors (Lipinski definition) is 5. The van der Waals surface area contributed by atoms with Gasteiger partial charge >= 0.3 is 0 Å². The Kier molecular flexibility index (Phi) is 7.73. The number of nitrogens with zero attached hydrogens (tertiary/aromatic N) is 2. The van der Waals surface area contributed by atoms with E-state index < -0.39 is 67.3 Å². The Morgan fingerprint density at radius 2 is 1.09 bits per heavy atom. The van der Waals surface area contributed by atoms with Gasteiger partial charge in [-0.25, -0.2) is 17.6 Å². The second kappa shape index (κ2) is 11.1. The van der Waals surface area contributed by atoms with Gasteiger partial charge < -0.3 is 4.74 Å². The van der Waals surface area contributed by atoms with E-state index in [1.807, 2.05) is 0 Å². The quantitative estimate of drug-likeness (QED) is 0.160. The predicted molar refractivity (Wildman–Crippen MR) is 159 cm³/mol. The summed E-state index contributed by atoms with van der Waals surface area (Å²) >= 11 is 11.9. The van der Waals surface area contributed by atoms with Crippen molar-refractivity contribution in [3.63, 3.8) is 0 Å². The molecular formula is C32H26Cl2F4N2O5. The normalized spacial score (nSPS) is 29.6. The summed E-state index contributed by atoms with van der Waals surface area (Å²) in [5.41, 5.74) is -7.62. The van der Waals surface area contributed by atoms with Crippen molar-refractivity contribution in [1.82, 2.24) is 0 Å². The lowest BCUT2D eigenvalue weighted by Crippen LogP contribution is -2.71. The summed E-state index contributed by atoms with van der Waals surface area (Å²) in [6.45, 7) is 0. The topological polar surface area (TPSA) is 95.5 Å². The number of alkyl halides is 2. The molecule has 0 saturated heterocycles. The molecule has 7 nitrogen and oxygen atoms in total. The Hall–Kier alpha value is -3.54. The van der Waals surface area contributed by atoms with Gasteiger partial charge in [0.25, 0.3) is 11.4 Å². The number of halogens is 6. The number of nitro groups is 2. The highest BCUT2D eigenvalue weighted by atomic mass is 35.5. The molecule has 4 atom stereocenters. The van der Waals surface area contributed by atoms with E-state index in [-0.39, 0.29) is 46.9 Å². The van der Waals surface area contributed by atoms with Crippen molar-refractivity contribution in [1.29, 1.82) is 0 Å². The van der Waals surface area contributed by atoms with Crippen LogP contribution in [0.3, 0.4) is 0 Å². The van der Waals surface area contributed by atoms with Crippen molar-refractivity contribution in [2.75, 3.05) is 0 Å². The highest BCUT2D eigenvalue weighted by Gasteiger charge is 2.69. The van der Waals surface area contributed by atoms with Crippen LogP contribution in [0.15, 0.2) is 84.2 Å². The molecule has 45 heavy (non-hydrogen) atoms. The van der Waals surface area contributed by atoms with E-state index in [1.165, 1.54) is 36.4 Å². The summed E-state index contributed by atoms with van der Waals surface area (Å²) in [6, 6.07) is 7.93. The largest absolute Gasteiger partial charge is 0.352 e. The predicted octanol–water partition coefficient (Wildman–Crippen LogP) is 8.45. The molecule has 0 spiro atoms. The van der Waals surface area contributed by atoms with Gasteiger partial charge in [-0.15, -0.1) is 0 Å². The summed E-state index contributed by atoms with van der Waals surface area (Å²) in [6.07, 6.45) is 3.58. The van der Waals surface area contributed by atoms with Crippen LogP contribution in [0.5, 0.6) is 0 Å². The van der Waals surface area contributed by atoms with Gasteiger partial charge in [0.2, 0.25) is 0 Å². The van der Waals surface area contributed by atoms with Crippen LogP contribution < -0.4 is 0 Å². The zero-order chi connectivity index (χ0) is 32.4. The van der Waals surface area contributed by atoms with Crippen molar-refractivity contribution < 1.29 is 32.1 Å². The van der Waals surface area contributed by atoms with Crippen LogP contribution >= 0.6 is 23.2 Å². The molecule has 4 aliphatic carbocycles. The second-order valence-electron chi connectivity index (χ2n) is 12.0. The minimum atomic E-state index is -2.25. The van der Waals surface area contributed by atoms with Crippen molar-refractivity contribution in [3.05, 3.63) is 137 Å². The van der Waals surface area contributed by atoms with Gasteiger partial charge in [0.05, 0.1) is 19.9 Å². The van der Waals surface area contributed by atoms with Crippen LogP contribution in [0, 0.1) is 31.9 Å². The summed E-state index contributed by atoms with van der Waals surface area (Å²) in [7, 11) is 0. The van der Waals surface area contributed by atoms with E-state index in [9.17, 15) is 29.0 Å². The van der Waals surface area contributed by atoms with Gasteiger partial charge in [-0.05, 0) is 73.2 Å². The van der Waals surface area contributed by atoms with Crippen molar-refractivity contribution >= 4 is 23.2 Å². The molecule has 0 bridgehead atoms. The molecule has 6 rings (SSSR count). The first-order valence-electron chi connectivity index (χ1n) is 14.3. The third-order valence-corrected chi connectivity index (χ3v) is 10.7. The van der Waals surface area contributed by atoms with Crippen molar-refractivity contribution in [3.8, 4) is 0 Å². The van der Waals surface area contributed by atoms with E-state index in [4.69, 9.17) is 27.9 Å². The molecule has 0 radical (unpaired) electrons. The van der Waals surface area contributed by atoms with E-state index in [2.05, 4.69) is 0 Å². The molecule has 2 aromatic rings. The van der Waals surface area contributed by atoms with Crippen molar-refractivity contribution in [2.24, 2.45) is 0 Å². The SMILES string of the molecule is O=[N+]([O-])C1=CC(F)C(OC2(C3(c4ccc(Cl)c(F)c4)CCC3)C=CC([N+](=O)[O-])=CC2F)(C2(c3ccc(Cl)c(F)c3)CCC2)C=C1. The molecule has 0 aliphatic heterocycles. The molecule has 13 heteroatoms. The maximum atomic E-state index is 17.0. The van der Waals surface area contributed by atoms with Gasteiger partial charge in [0.1, 0.15) is 22.8 Å².